The number of ether oxygens (including phenoxy) is 1. The molecular weight excluding hydrogens is 412 g/mol. The van der Waals surface area contributed by atoms with E-state index in [1.807, 2.05) is 6.07 Å². The molecule has 3 aromatic rings. The maximum absolute atomic E-state index is 13.1. The summed E-state index contributed by atoms with van der Waals surface area (Å²) < 4.78 is 35.1. The van der Waals surface area contributed by atoms with Crippen LogP contribution in [0.25, 0.3) is 11.0 Å². The van der Waals surface area contributed by atoms with Crippen LogP contribution < -0.4 is 0 Å². The zero-order valence-corrected chi connectivity index (χ0v) is 18.6. The highest BCUT2D eigenvalue weighted by Crippen LogP contribution is 2.25. The molecule has 0 radical (unpaired) electrons. The second-order valence-electron chi connectivity index (χ2n) is 8.17. The molecule has 0 amide bonds. The summed E-state index contributed by atoms with van der Waals surface area (Å²) >= 11 is 0. The minimum Gasteiger partial charge on any atom is -0.379 e. The third-order valence-electron chi connectivity index (χ3n) is 6.30. The van der Waals surface area contributed by atoms with E-state index < -0.39 is 10.0 Å². The number of nitrogens with zero attached hydrogens (tertiary/aromatic N) is 4. The molecule has 0 saturated carbocycles. The lowest BCUT2D eigenvalue weighted by molar-refractivity contribution is 0.0730. The second-order valence-corrected chi connectivity index (χ2v) is 10.1. The fraction of sp³-hybridized carbons (Fsp3) is 0.435. The van der Waals surface area contributed by atoms with Gasteiger partial charge in [0.2, 0.25) is 10.0 Å². The molecule has 3 heterocycles. The largest absolute Gasteiger partial charge is 0.379 e. The molecule has 0 atom stereocenters. The predicted molar refractivity (Wildman–Crippen MR) is 119 cm³/mol. The molecule has 0 spiro atoms. The Morgan fingerprint density at radius 3 is 2.58 bits per heavy atom. The lowest BCUT2D eigenvalue weighted by Crippen LogP contribution is -2.40. The molecule has 1 aromatic heterocycles. The van der Waals surface area contributed by atoms with Crippen LogP contribution in [0.15, 0.2) is 47.4 Å². The molecule has 0 unspecified atom stereocenters. The van der Waals surface area contributed by atoms with Crippen molar-refractivity contribution in [1.82, 2.24) is 18.8 Å². The van der Waals surface area contributed by atoms with Crippen molar-refractivity contribution in [3.8, 4) is 0 Å². The van der Waals surface area contributed by atoms with Gasteiger partial charge in [0, 0.05) is 32.7 Å². The Kier molecular flexibility index (Phi) is 5.56. The summed E-state index contributed by atoms with van der Waals surface area (Å²) in [4.78, 5) is 7.59. The number of morpholine rings is 1. The average Bonchev–Trinajstić information content (AvgIpc) is 3.15. The number of imidazole rings is 1. The van der Waals surface area contributed by atoms with Crippen molar-refractivity contribution in [1.29, 1.82) is 0 Å². The first-order chi connectivity index (χ1) is 15.1. The summed E-state index contributed by atoms with van der Waals surface area (Å²) in [6, 6.07) is 13.9. The Balaban J connectivity index is 1.43. The molecule has 7 nitrogen and oxygen atoms in total. The Morgan fingerprint density at radius 1 is 1.03 bits per heavy atom. The lowest BCUT2D eigenvalue weighted by atomic mass is 10.00. The van der Waals surface area contributed by atoms with Crippen LogP contribution in [0.4, 0.5) is 0 Å². The second kappa shape index (κ2) is 8.35. The predicted octanol–water partition coefficient (Wildman–Crippen LogP) is 2.64. The van der Waals surface area contributed by atoms with E-state index in [0.717, 1.165) is 49.5 Å². The van der Waals surface area contributed by atoms with Crippen LogP contribution in [-0.4, -0.2) is 60.0 Å². The smallest absolute Gasteiger partial charge is 0.243 e. The van der Waals surface area contributed by atoms with Crippen molar-refractivity contribution in [2.75, 3.05) is 32.8 Å². The van der Waals surface area contributed by atoms with Gasteiger partial charge in [-0.3, -0.25) is 4.90 Å². The zero-order valence-electron chi connectivity index (χ0n) is 17.8. The highest BCUT2D eigenvalue weighted by molar-refractivity contribution is 7.89. The summed E-state index contributed by atoms with van der Waals surface area (Å²) in [6.07, 6.45) is 1.05. The van der Waals surface area contributed by atoms with Gasteiger partial charge in [0.15, 0.2) is 0 Å². The Morgan fingerprint density at radius 2 is 1.81 bits per heavy atom. The highest BCUT2D eigenvalue weighted by atomic mass is 32.2. The van der Waals surface area contributed by atoms with Crippen LogP contribution in [0, 0.1) is 0 Å². The maximum atomic E-state index is 13.1. The van der Waals surface area contributed by atoms with E-state index in [2.05, 4.69) is 40.7 Å². The van der Waals surface area contributed by atoms with E-state index in [-0.39, 0.29) is 0 Å². The van der Waals surface area contributed by atoms with Crippen molar-refractivity contribution in [2.24, 2.45) is 0 Å². The highest BCUT2D eigenvalue weighted by Gasteiger charge is 2.27. The molecule has 0 N–H and O–H groups in total. The molecular formula is C23H28N4O3S. The van der Waals surface area contributed by atoms with Gasteiger partial charge in [0.05, 0.1) is 35.7 Å². The van der Waals surface area contributed by atoms with Gasteiger partial charge in [-0.25, -0.2) is 13.4 Å². The zero-order chi connectivity index (χ0) is 21.4. The Hall–Kier alpha value is -2.26. The molecule has 1 saturated heterocycles. The van der Waals surface area contributed by atoms with E-state index in [4.69, 9.17) is 9.72 Å². The van der Waals surface area contributed by atoms with E-state index in [0.29, 0.717) is 31.2 Å². The Labute approximate surface area is 183 Å². The van der Waals surface area contributed by atoms with Gasteiger partial charge in [0.1, 0.15) is 5.82 Å². The van der Waals surface area contributed by atoms with Crippen molar-refractivity contribution in [2.45, 2.75) is 37.9 Å². The van der Waals surface area contributed by atoms with Crippen molar-refractivity contribution >= 4 is 21.1 Å². The van der Waals surface area contributed by atoms with Gasteiger partial charge in [-0.15, -0.1) is 0 Å². The lowest BCUT2D eigenvalue weighted by Gasteiger charge is -2.28. The number of aromatic nitrogens is 2. The normalized spacial score (nSPS) is 18.4. The summed E-state index contributed by atoms with van der Waals surface area (Å²) in [5, 5.41) is 0. The minimum atomic E-state index is -3.53. The van der Waals surface area contributed by atoms with Gasteiger partial charge in [-0.05, 0) is 42.7 Å². The maximum Gasteiger partial charge on any atom is 0.243 e. The molecule has 1 fully saturated rings. The van der Waals surface area contributed by atoms with Crippen LogP contribution in [0.1, 0.15) is 23.9 Å². The number of hydrogen-bond acceptors (Lipinski definition) is 5. The molecule has 2 aliphatic heterocycles. The number of sulfonamides is 1. The van der Waals surface area contributed by atoms with Crippen molar-refractivity contribution < 1.29 is 13.2 Å². The first-order valence-corrected chi connectivity index (χ1v) is 12.4. The molecule has 31 heavy (non-hydrogen) atoms. The van der Waals surface area contributed by atoms with Gasteiger partial charge >= 0.3 is 0 Å². The summed E-state index contributed by atoms with van der Waals surface area (Å²) in [6.45, 7) is 7.24. The van der Waals surface area contributed by atoms with Crippen molar-refractivity contribution in [3.05, 3.63) is 59.4 Å². The minimum absolute atomic E-state index is 0.307. The number of rotatable bonds is 5. The van der Waals surface area contributed by atoms with E-state index >= 15 is 0 Å². The summed E-state index contributed by atoms with van der Waals surface area (Å²) in [5.41, 5.74) is 4.53. The molecule has 2 aliphatic rings. The monoisotopic (exact) mass is 440 g/mol. The molecule has 5 rings (SSSR count). The standard InChI is InChI=1S/C23H28N4O3S/c1-2-27-22-8-7-20(31(28,29)26-11-13-30-14-12-26)15-21(22)24-23(27)17-25-10-9-18-5-3-4-6-19(18)16-25/h3-8,15H,2,9-14,16-17H2,1H3. The van der Waals surface area contributed by atoms with Crippen LogP contribution in [0.2, 0.25) is 0 Å². The molecule has 0 bridgehead atoms. The van der Waals surface area contributed by atoms with Gasteiger partial charge in [-0.2, -0.15) is 4.31 Å². The van der Waals surface area contributed by atoms with Crippen LogP contribution in [-0.2, 0) is 40.8 Å². The number of hydrogen-bond donors (Lipinski definition) is 0. The topological polar surface area (TPSA) is 67.7 Å². The van der Waals surface area contributed by atoms with Gasteiger partial charge < -0.3 is 9.30 Å². The number of fused-ring (bicyclic) bond motifs is 2. The fourth-order valence-electron chi connectivity index (χ4n) is 4.62. The summed E-state index contributed by atoms with van der Waals surface area (Å²) in [5.74, 6) is 0.984. The first-order valence-electron chi connectivity index (χ1n) is 10.9. The number of aryl methyl sites for hydroxylation is 1. The van der Waals surface area contributed by atoms with Crippen LogP contribution >= 0.6 is 0 Å². The van der Waals surface area contributed by atoms with Crippen molar-refractivity contribution in [3.63, 3.8) is 0 Å². The fourth-order valence-corrected chi connectivity index (χ4v) is 6.05. The molecule has 2 aromatic carbocycles. The van der Waals surface area contributed by atoms with Crippen LogP contribution in [0.5, 0.6) is 0 Å². The quantitative estimate of drug-likeness (QED) is 0.610. The third kappa shape index (κ3) is 3.89. The van der Waals surface area contributed by atoms with Crippen LogP contribution in [0.3, 0.4) is 0 Å². The summed E-state index contributed by atoms with van der Waals surface area (Å²) in [7, 11) is -3.53. The third-order valence-corrected chi connectivity index (χ3v) is 8.19. The van der Waals surface area contributed by atoms with Gasteiger partial charge in [0.25, 0.3) is 0 Å². The van der Waals surface area contributed by atoms with Gasteiger partial charge in [-0.1, -0.05) is 24.3 Å². The average molecular weight is 441 g/mol. The molecule has 0 aliphatic carbocycles. The Bertz CT molecular complexity index is 1200. The first kappa shape index (κ1) is 20.6. The van der Waals surface area contributed by atoms with E-state index in [1.54, 1.807) is 12.1 Å². The molecule has 8 heteroatoms. The molecule has 164 valence electrons. The van der Waals surface area contributed by atoms with E-state index in [9.17, 15) is 8.42 Å². The number of benzene rings is 2. The van der Waals surface area contributed by atoms with E-state index in [1.165, 1.54) is 15.4 Å². The SMILES string of the molecule is CCn1c(CN2CCc3ccccc3C2)nc2cc(S(=O)(=O)N3CCOCC3)ccc21.